The molecule has 1 fully saturated rings. The van der Waals surface area contributed by atoms with Gasteiger partial charge in [0.2, 0.25) is 0 Å². The number of hydrogen-bond acceptors (Lipinski definition) is 5. The number of para-hydroxylation sites is 1. The SMILES string of the molecule is CC.Cc1ccc(-c2cnc(C(Cc3ccccc3)N3C(=O)CNC3=O)[nH]2)cc1.OCCOc1ccccc1. The van der Waals surface area contributed by atoms with E-state index in [2.05, 4.69) is 15.3 Å². The number of imide groups is 1. The first-order valence-electron chi connectivity index (χ1n) is 13.1. The zero-order valence-electron chi connectivity index (χ0n) is 22.6. The van der Waals surface area contributed by atoms with Crippen LogP contribution in [0, 0.1) is 6.92 Å². The standard InChI is InChI=1S/C21H20N4O2.C8H10O2.C2H6/c1-14-7-9-16(10-8-14)17-12-22-20(24-17)18(11-15-5-3-2-4-6-15)25-19(26)13-23-21(25)27;9-6-7-10-8-4-2-1-3-5-8;1-2/h2-10,12,18H,11,13H2,1H3,(H,22,24)(H,23,27);1-5,9H,6-7H2;1-2H3. The summed E-state index contributed by atoms with van der Waals surface area (Å²) in [7, 11) is 0. The number of aryl methyl sites for hydroxylation is 1. The second-order valence-corrected chi connectivity index (χ2v) is 8.56. The van der Waals surface area contributed by atoms with E-state index in [9.17, 15) is 9.59 Å². The predicted octanol–water partition coefficient (Wildman–Crippen LogP) is 5.30. The number of nitrogens with zero attached hydrogens (tertiary/aromatic N) is 2. The average molecular weight is 529 g/mol. The summed E-state index contributed by atoms with van der Waals surface area (Å²) in [5.41, 5.74) is 4.08. The summed E-state index contributed by atoms with van der Waals surface area (Å²) in [5, 5.41) is 11.0. The van der Waals surface area contributed by atoms with Crippen molar-refractivity contribution >= 4 is 11.9 Å². The minimum atomic E-state index is -0.485. The number of hydrogen-bond donors (Lipinski definition) is 3. The monoisotopic (exact) mass is 528 g/mol. The van der Waals surface area contributed by atoms with Gasteiger partial charge in [-0.25, -0.2) is 9.78 Å². The fraction of sp³-hybridized carbons (Fsp3) is 0.258. The smallest absolute Gasteiger partial charge is 0.325 e. The molecule has 1 saturated heterocycles. The van der Waals surface area contributed by atoms with Crippen LogP contribution in [0.3, 0.4) is 0 Å². The van der Waals surface area contributed by atoms with Crippen molar-refractivity contribution < 1.29 is 19.4 Å². The van der Waals surface area contributed by atoms with Crippen LogP contribution in [0.2, 0.25) is 0 Å². The molecular weight excluding hydrogens is 492 g/mol. The van der Waals surface area contributed by atoms with Crippen molar-refractivity contribution in [2.45, 2.75) is 33.2 Å². The largest absolute Gasteiger partial charge is 0.491 e. The summed E-state index contributed by atoms with van der Waals surface area (Å²) in [6, 6.07) is 26.5. The third-order valence-corrected chi connectivity index (χ3v) is 5.84. The topological polar surface area (TPSA) is 108 Å². The van der Waals surface area contributed by atoms with Crippen LogP contribution in [-0.2, 0) is 11.2 Å². The zero-order valence-corrected chi connectivity index (χ0v) is 22.6. The Balaban J connectivity index is 0.000000294. The molecule has 5 rings (SSSR count). The molecule has 1 aliphatic heterocycles. The van der Waals surface area contributed by atoms with Gasteiger partial charge >= 0.3 is 6.03 Å². The second kappa shape index (κ2) is 15.1. The molecule has 4 aromatic rings. The molecule has 3 aromatic carbocycles. The van der Waals surface area contributed by atoms with Crippen molar-refractivity contribution in [2.24, 2.45) is 0 Å². The van der Waals surface area contributed by atoms with Crippen molar-refractivity contribution in [1.82, 2.24) is 20.2 Å². The molecule has 8 heteroatoms. The number of nitrogens with one attached hydrogen (secondary N) is 2. The van der Waals surface area contributed by atoms with Gasteiger partial charge in [0.15, 0.2) is 0 Å². The summed E-state index contributed by atoms with van der Waals surface area (Å²) < 4.78 is 5.11. The molecule has 1 aliphatic rings. The normalized spacial score (nSPS) is 13.0. The molecule has 1 unspecified atom stereocenters. The first kappa shape index (κ1) is 29.1. The van der Waals surface area contributed by atoms with E-state index >= 15 is 0 Å². The number of imidazole rings is 1. The second-order valence-electron chi connectivity index (χ2n) is 8.56. The van der Waals surface area contributed by atoms with E-state index < -0.39 is 6.04 Å². The van der Waals surface area contributed by atoms with Crippen LogP contribution in [0.5, 0.6) is 5.75 Å². The van der Waals surface area contributed by atoms with E-state index in [1.165, 1.54) is 10.5 Å². The highest BCUT2D eigenvalue weighted by Gasteiger charge is 2.37. The van der Waals surface area contributed by atoms with Crippen molar-refractivity contribution in [3.05, 3.63) is 108 Å². The maximum Gasteiger partial charge on any atom is 0.325 e. The number of H-pyrrole nitrogens is 1. The van der Waals surface area contributed by atoms with Crippen molar-refractivity contribution in [3.63, 3.8) is 0 Å². The van der Waals surface area contributed by atoms with Crippen LogP contribution in [-0.4, -0.2) is 51.7 Å². The molecule has 3 N–H and O–H groups in total. The van der Waals surface area contributed by atoms with E-state index in [0.29, 0.717) is 18.9 Å². The van der Waals surface area contributed by atoms with Gasteiger partial charge < -0.3 is 20.1 Å². The number of aromatic nitrogens is 2. The molecule has 3 amide bonds. The van der Waals surface area contributed by atoms with E-state index in [1.807, 2.05) is 106 Å². The molecular formula is C31H36N4O4. The number of benzene rings is 3. The van der Waals surface area contributed by atoms with Gasteiger partial charge in [0.1, 0.15) is 24.2 Å². The molecule has 39 heavy (non-hydrogen) atoms. The molecule has 0 aliphatic carbocycles. The van der Waals surface area contributed by atoms with Gasteiger partial charge in [-0.2, -0.15) is 0 Å². The minimum Gasteiger partial charge on any atom is -0.491 e. The molecule has 8 nitrogen and oxygen atoms in total. The first-order valence-corrected chi connectivity index (χ1v) is 13.1. The Bertz CT molecular complexity index is 1280. The third kappa shape index (κ3) is 8.28. The maximum atomic E-state index is 12.3. The number of aliphatic hydroxyl groups excluding tert-OH is 1. The Kier molecular flexibility index (Phi) is 11.3. The Hall–Kier alpha value is -4.43. The molecule has 1 atom stereocenters. The Labute approximate surface area is 229 Å². The molecule has 0 spiro atoms. The van der Waals surface area contributed by atoms with Gasteiger partial charge in [0.05, 0.1) is 25.0 Å². The van der Waals surface area contributed by atoms with E-state index in [4.69, 9.17) is 9.84 Å². The Morgan fingerprint density at radius 2 is 1.59 bits per heavy atom. The zero-order chi connectivity index (χ0) is 28.0. The summed E-state index contributed by atoms with van der Waals surface area (Å²) in [4.78, 5) is 33.6. The molecule has 0 radical (unpaired) electrons. The van der Waals surface area contributed by atoms with Crippen LogP contribution in [0.25, 0.3) is 11.3 Å². The summed E-state index contributed by atoms with van der Waals surface area (Å²) in [6.07, 6.45) is 2.25. The van der Waals surface area contributed by atoms with Gasteiger partial charge in [-0.3, -0.25) is 9.69 Å². The highest BCUT2D eigenvalue weighted by Crippen LogP contribution is 2.27. The van der Waals surface area contributed by atoms with Crippen LogP contribution in [0.15, 0.2) is 91.1 Å². The maximum absolute atomic E-state index is 12.3. The summed E-state index contributed by atoms with van der Waals surface area (Å²) >= 11 is 0. The predicted molar refractivity (Wildman–Crippen MR) is 152 cm³/mol. The van der Waals surface area contributed by atoms with Crippen LogP contribution in [0.4, 0.5) is 4.79 Å². The number of ether oxygens (including phenoxy) is 1. The van der Waals surface area contributed by atoms with E-state index in [-0.39, 0.29) is 25.1 Å². The third-order valence-electron chi connectivity index (χ3n) is 5.84. The molecule has 0 bridgehead atoms. The van der Waals surface area contributed by atoms with Gasteiger partial charge in [0, 0.05) is 6.42 Å². The van der Waals surface area contributed by atoms with Crippen LogP contribution in [0.1, 0.15) is 36.8 Å². The van der Waals surface area contributed by atoms with Crippen molar-refractivity contribution in [2.75, 3.05) is 19.8 Å². The average Bonchev–Trinajstić information content (AvgIpc) is 3.60. The molecule has 2 heterocycles. The number of carbonyl (C=O) groups excluding carboxylic acids is 2. The first-order chi connectivity index (χ1) is 19.0. The fourth-order valence-electron chi connectivity index (χ4n) is 3.96. The molecule has 1 aromatic heterocycles. The van der Waals surface area contributed by atoms with E-state index in [1.54, 1.807) is 6.20 Å². The van der Waals surface area contributed by atoms with Crippen LogP contribution >= 0.6 is 0 Å². The highest BCUT2D eigenvalue weighted by atomic mass is 16.5. The fourth-order valence-corrected chi connectivity index (χ4v) is 3.96. The lowest BCUT2D eigenvalue weighted by Gasteiger charge is -2.23. The van der Waals surface area contributed by atoms with Crippen molar-refractivity contribution in [3.8, 4) is 17.0 Å². The summed E-state index contributed by atoms with van der Waals surface area (Å²) in [6.45, 7) is 6.49. The lowest BCUT2D eigenvalue weighted by molar-refractivity contribution is -0.126. The van der Waals surface area contributed by atoms with Crippen LogP contribution < -0.4 is 10.1 Å². The van der Waals surface area contributed by atoms with Gasteiger partial charge in [-0.15, -0.1) is 0 Å². The number of carbonyl (C=O) groups is 2. The van der Waals surface area contributed by atoms with Gasteiger partial charge in [-0.05, 0) is 30.2 Å². The lowest BCUT2D eigenvalue weighted by Crippen LogP contribution is -2.36. The Morgan fingerprint density at radius 3 is 2.18 bits per heavy atom. The van der Waals surface area contributed by atoms with E-state index in [0.717, 1.165) is 22.6 Å². The Morgan fingerprint density at radius 1 is 0.949 bits per heavy atom. The quantitative estimate of drug-likeness (QED) is 0.269. The van der Waals surface area contributed by atoms with Gasteiger partial charge in [0.25, 0.3) is 5.91 Å². The number of amides is 3. The number of rotatable bonds is 8. The van der Waals surface area contributed by atoms with Gasteiger partial charge in [-0.1, -0.05) is 92.2 Å². The number of aliphatic hydroxyl groups is 1. The van der Waals surface area contributed by atoms with Crippen molar-refractivity contribution in [1.29, 1.82) is 0 Å². The number of urea groups is 1. The molecule has 0 saturated carbocycles. The number of aromatic amines is 1. The minimum absolute atomic E-state index is 0.0235. The lowest BCUT2D eigenvalue weighted by atomic mass is 10.0. The highest BCUT2D eigenvalue weighted by molar-refractivity contribution is 6.02. The molecule has 204 valence electrons. The summed E-state index contributed by atoms with van der Waals surface area (Å²) in [5.74, 6) is 1.16.